The van der Waals surface area contributed by atoms with Crippen molar-refractivity contribution in [2.75, 3.05) is 41.0 Å². The number of nitrogens with zero attached hydrogens (tertiary/aromatic N) is 1. The Kier molecular flexibility index (Phi) is 32.4. The van der Waals surface area contributed by atoms with Gasteiger partial charge in [0.15, 0.2) is 12.1 Å². The zero-order valence-electron chi connectivity index (χ0n) is 33.1. The average Bonchev–Trinajstić information content (AvgIpc) is 3.06. The topological polar surface area (TPSA) is 99.1 Å². The minimum atomic E-state index is -0.880. The van der Waals surface area contributed by atoms with Gasteiger partial charge in [-0.2, -0.15) is 0 Å². The molecule has 0 heterocycles. The second-order valence-electron chi connectivity index (χ2n) is 14.9. The van der Waals surface area contributed by atoms with Gasteiger partial charge in [-0.1, -0.05) is 122 Å². The molecule has 0 aromatic rings. The predicted molar refractivity (Wildman–Crippen MR) is 206 cm³/mol. The Labute approximate surface area is 307 Å². The van der Waals surface area contributed by atoms with Crippen LogP contribution in [0.25, 0.3) is 0 Å². The maximum Gasteiger partial charge on any atom is 0.362 e. The van der Waals surface area contributed by atoms with Crippen LogP contribution >= 0.6 is 0 Å². The van der Waals surface area contributed by atoms with Gasteiger partial charge in [-0.15, -0.1) is 0 Å². The molecule has 292 valence electrons. The third-order valence-electron chi connectivity index (χ3n) is 9.07. The van der Waals surface area contributed by atoms with E-state index in [9.17, 15) is 19.5 Å². The summed E-state index contributed by atoms with van der Waals surface area (Å²) in [6.07, 6.45) is 35.2. The Morgan fingerprint density at radius 3 is 1.52 bits per heavy atom. The Morgan fingerprint density at radius 2 is 1.02 bits per heavy atom. The van der Waals surface area contributed by atoms with Crippen LogP contribution in [-0.4, -0.2) is 80.6 Å². The molecule has 0 aliphatic rings. The first-order valence-electron chi connectivity index (χ1n) is 20.4. The standard InChI is InChI=1S/C42H77NO7/c1-6-8-10-12-14-16-17-18-19-20-21-22-23-25-26-28-30-32-40(44)49-37-38(36-48-35-34-39(42(46)47)43(3,4)5)50-41(45)33-31-29-27-24-15-13-11-9-7-2/h18-19,24,27,38-39H,6-17,20-23,25-26,28-37H2,1-5H3/p+1/b19-18+,27-24+. The Morgan fingerprint density at radius 1 is 0.580 bits per heavy atom. The van der Waals surface area contributed by atoms with Gasteiger partial charge in [0.2, 0.25) is 0 Å². The summed E-state index contributed by atoms with van der Waals surface area (Å²) in [5.41, 5.74) is 0. The maximum atomic E-state index is 12.6. The smallest absolute Gasteiger partial charge is 0.362 e. The van der Waals surface area contributed by atoms with Gasteiger partial charge in [0.1, 0.15) is 6.61 Å². The van der Waals surface area contributed by atoms with E-state index < -0.39 is 18.1 Å². The summed E-state index contributed by atoms with van der Waals surface area (Å²) in [4.78, 5) is 36.7. The number of hydrogen-bond acceptors (Lipinski definition) is 6. The normalized spacial score (nSPS) is 13.2. The molecular weight excluding hydrogens is 630 g/mol. The minimum absolute atomic E-state index is 0.0507. The van der Waals surface area contributed by atoms with Gasteiger partial charge >= 0.3 is 17.9 Å². The summed E-state index contributed by atoms with van der Waals surface area (Å²) in [5, 5.41) is 9.58. The maximum absolute atomic E-state index is 12.6. The number of rotatable bonds is 36. The molecule has 1 N–H and O–H groups in total. The van der Waals surface area contributed by atoms with E-state index in [4.69, 9.17) is 14.2 Å². The summed E-state index contributed by atoms with van der Waals surface area (Å²) >= 11 is 0. The van der Waals surface area contributed by atoms with E-state index in [2.05, 4.69) is 38.2 Å². The fourth-order valence-electron chi connectivity index (χ4n) is 5.85. The quantitative estimate of drug-likeness (QED) is 0.0299. The number of carbonyl (C=O) groups excluding carboxylic acids is 2. The number of unbranched alkanes of at least 4 members (excludes halogenated alkanes) is 18. The van der Waals surface area contributed by atoms with Crippen molar-refractivity contribution in [2.45, 2.75) is 187 Å². The molecular formula is C42H78NO7+. The zero-order valence-corrected chi connectivity index (χ0v) is 33.1. The number of allylic oxidation sites excluding steroid dienone is 4. The van der Waals surface area contributed by atoms with E-state index in [-0.39, 0.29) is 42.7 Å². The van der Waals surface area contributed by atoms with Crippen molar-refractivity contribution in [3.05, 3.63) is 24.3 Å². The molecule has 8 heteroatoms. The number of quaternary nitrogens is 1. The van der Waals surface area contributed by atoms with E-state index in [0.29, 0.717) is 19.3 Å². The molecule has 0 amide bonds. The van der Waals surface area contributed by atoms with Crippen LogP contribution in [0.2, 0.25) is 0 Å². The first-order valence-corrected chi connectivity index (χ1v) is 20.4. The summed E-state index contributed by atoms with van der Waals surface area (Å²) in [5.74, 6) is -1.52. The highest BCUT2D eigenvalue weighted by atomic mass is 16.6. The number of hydrogen-bond donors (Lipinski definition) is 1. The molecule has 2 atom stereocenters. The van der Waals surface area contributed by atoms with Gasteiger partial charge in [-0.25, -0.2) is 4.79 Å². The molecule has 0 saturated heterocycles. The molecule has 0 aliphatic heterocycles. The van der Waals surface area contributed by atoms with E-state index in [1.54, 1.807) is 0 Å². The van der Waals surface area contributed by atoms with Crippen molar-refractivity contribution in [1.29, 1.82) is 0 Å². The number of aliphatic carboxylic acids is 1. The Balaban J connectivity index is 4.33. The highest BCUT2D eigenvalue weighted by molar-refractivity contribution is 5.72. The van der Waals surface area contributed by atoms with Crippen LogP contribution in [0, 0.1) is 0 Å². The van der Waals surface area contributed by atoms with E-state index in [1.807, 2.05) is 21.1 Å². The third kappa shape index (κ3) is 31.8. The predicted octanol–water partition coefficient (Wildman–Crippen LogP) is 10.5. The summed E-state index contributed by atoms with van der Waals surface area (Å²) in [6, 6.07) is -0.616. The van der Waals surface area contributed by atoms with E-state index in [0.717, 1.165) is 32.1 Å². The van der Waals surface area contributed by atoms with Crippen LogP contribution < -0.4 is 0 Å². The molecule has 0 fully saturated rings. The summed E-state index contributed by atoms with van der Waals surface area (Å²) < 4.78 is 17.2. The molecule has 2 unspecified atom stereocenters. The number of ether oxygens (including phenoxy) is 3. The SMILES string of the molecule is CCCCCC/C=C/CCCC(=O)OC(COCCC(C(=O)O)[N+](C)(C)C)COC(=O)CCCCCCCCC/C=C/CCCCCCCC. The number of carbonyl (C=O) groups is 3. The van der Waals surface area contributed by atoms with E-state index in [1.165, 1.54) is 103 Å². The molecule has 0 aromatic carbocycles. The molecule has 50 heavy (non-hydrogen) atoms. The second kappa shape index (κ2) is 33.9. The summed E-state index contributed by atoms with van der Waals surface area (Å²) in [6.45, 7) is 4.66. The Hall–Kier alpha value is -2.19. The second-order valence-corrected chi connectivity index (χ2v) is 14.9. The monoisotopic (exact) mass is 709 g/mol. The average molecular weight is 709 g/mol. The molecule has 0 saturated carbocycles. The molecule has 0 bridgehead atoms. The van der Waals surface area contributed by atoms with Gasteiger partial charge in [0.05, 0.1) is 34.4 Å². The fourth-order valence-corrected chi connectivity index (χ4v) is 5.85. The fraction of sp³-hybridized carbons (Fsp3) is 0.833. The van der Waals surface area contributed by atoms with Crippen molar-refractivity contribution in [3.8, 4) is 0 Å². The number of esters is 2. The molecule has 0 rings (SSSR count). The Bertz CT molecular complexity index is 880. The van der Waals surface area contributed by atoms with Crippen molar-refractivity contribution >= 4 is 17.9 Å². The van der Waals surface area contributed by atoms with Crippen LogP contribution in [0.3, 0.4) is 0 Å². The van der Waals surface area contributed by atoms with Crippen LogP contribution in [-0.2, 0) is 28.6 Å². The first-order chi connectivity index (χ1) is 24.1. The lowest BCUT2D eigenvalue weighted by Gasteiger charge is -2.31. The minimum Gasteiger partial charge on any atom is -0.477 e. The molecule has 0 spiro atoms. The molecule has 0 aromatic heterocycles. The number of carboxylic acid groups (broad SMARTS) is 1. The lowest BCUT2D eigenvalue weighted by atomic mass is 10.1. The third-order valence-corrected chi connectivity index (χ3v) is 9.07. The van der Waals surface area contributed by atoms with Crippen molar-refractivity contribution in [1.82, 2.24) is 0 Å². The van der Waals surface area contributed by atoms with Crippen LogP contribution in [0.5, 0.6) is 0 Å². The number of likely N-dealkylation sites (N-methyl/N-ethyl adjacent to an activating group) is 1. The zero-order chi connectivity index (χ0) is 37.1. The van der Waals surface area contributed by atoms with Crippen LogP contribution in [0.1, 0.15) is 174 Å². The van der Waals surface area contributed by atoms with Gasteiger partial charge in [-0.05, 0) is 57.8 Å². The van der Waals surface area contributed by atoms with Crippen LogP contribution in [0.15, 0.2) is 24.3 Å². The first kappa shape index (κ1) is 47.8. The van der Waals surface area contributed by atoms with Crippen molar-refractivity contribution in [3.63, 3.8) is 0 Å². The van der Waals surface area contributed by atoms with Gasteiger partial charge in [0.25, 0.3) is 0 Å². The summed E-state index contributed by atoms with van der Waals surface area (Å²) in [7, 11) is 5.51. The van der Waals surface area contributed by atoms with Gasteiger partial charge in [-0.3, -0.25) is 9.59 Å². The largest absolute Gasteiger partial charge is 0.477 e. The number of carboxylic acids is 1. The van der Waals surface area contributed by atoms with Gasteiger partial charge < -0.3 is 23.8 Å². The lowest BCUT2D eigenvalue weighted by Crippen LogP contribution is -2.50. The molecule has 8 nitrogen and oxygen atoms in total. The highest BCUT2D eigenvalue weighted by Crippen LogP contribution is 2.13. The van der Waals surface area contributed by atoms with Crippen molar-refractivity contribution < 1.29 is 38.2 Å². The van der Waals surface area contributed by atoms with E-state index >= 15 is 0 Å². The molecule has 0 radical (unpaired) electrons. The van der Waals surface area contributed by atoms with Crippen LogP contribution in [0.4, 0.5) is 0 Å². The van der Waals surface area contributed by atoms with Crippen molar-refractivity contribution in [2.24, 2.45) is 0 Å². The molecule has 0 aliphatic carbocycles. The lowest BCUT2D eigenvalue weighted by molar-refractivity contribution is -0.887. The highest BCUT2D eigenvalue weighted by Gasteiger charge is 2.31. The van der Waals surface area contributed by atoms with Gasteiger partial charge in [0, 0.05) is 19.3 Å².